The summed E-state index contributed by atoms with van der Waals surface area (Å²) in [5.74, 6) is 3.05. The van der Waals surface area contributed by atoms with E-state index in [4.69, 9.17) is 14.2 Å². The van der Waals surface area contributed by atoms with Gasteiger partial charge in [0.2, 0.25) is 0 Å². The summed E-state index contributed by atoms with van der Waals surface area (Å²) >= 11 is 0. The minimum Gasteiger partial charge on any atom is -0.496 e. The highest BCUT2D eigenvalue weighted by atomic mass is 16.5. The molecule has 2 aliphatic rings. The lowest BCUT2D eigenvalue weighted by molar-refractivity contribution is 0.138. The van der Waals surface area contributed by atoms with Crippen LogP contribution in [0.4, 0.5) is 0 Å². The van der Waals surface area contributed by atoms with Gasteiger partial charge in [0.25, 0.3) is 0 Å². The minimum atomic E-state index is 0.574. The number of benzene rings is 1. The molecule has 1 fully saturated rings. The summed E-state index contributed by atoms with van der Waals surface area (Å²) in [6, 6.07) is 8.18. The lowest BCUT2D eigenvalue weighted by Gasteiger charge is -2.39. The van der Waals surface area contributed by atoms with Gasteiger partial charge in [0.05, 0.1) is 20.3 Å². The summed E-state index contributed by atoms with van der Waals surface area (Å²) in [7, 11) is 1.71. The van der Waals surface area contributed by atoms with E-state index < -0.39 is 0 Å². The summed E-state index contributed by atoms with van der Waals surface area (Å²) in [6.45, 7) is 4.34. The van der Waals surface area contributed by atoms with E-state index >= 15 is 0 Å². The van der Waals surface area contributed by atoms with Crippen molar-refractivity contribution in [2.45, 2.75) is 18.9 Å². The second-order valence-electron chi connectivity index (χ2n) is 6.34. The second kappa shape index (κ2) is 6.69. The maximum Gasteiger partial charge on any atom is 0.164 e. The van der Waals surface area contributed by atoms with Crippen LogP contribution in [-0.4, -0.2) is 43.3 Å². The van der Waals surface area contributed by atoms with Crippen molar-refractivity contribution >= 4 is 0 Å². The summed E-state index contributed by atoms with van der Waals surface area (Å²) in [4.78, 5) is 6.63. The van der Waals surface area contributed by atoms with Gasteiger partial charge in [0, 0.05) is 56.0 Å². The van der Waals surface area contributed by atoms with Gasteiger partial charge in [-0.2, -0.15) is 0 Å². The SMILES string of the molecule is COc1cc2c(cc1CN1CC(c3cccnc3)C1)OCCCO2. The number of aromatic nitrogens is 1. The van der Waals surface area contributed by atoms with Crippen molar-refractivity contribution in [1.29, 1.82) is 0 Å². The average molecular weight is 326 g/mol. The fourth-order valence-corrected chi connectivity index (χ4v) is 3.31. The van der Waals surface area contributed by atoms with Crippen LogP contribution >= 0.6 is 0 Å². The molecule has 1 saturated heterocycles. The Bertz CT molecular complexity index is 699. The van der Waals surface area contributed by atoms with Crippen LogP contribution in [0.5, 0.6) is 17.2 Å². The lowest BCUT2D eigenvalue weighted by atomic mass is 9.92. The van der Waals surface area contributed by atoms with Crippen molar-refractivity contribution < 1.29 is 14.2 Å². The molecule has 4 rings (SSSR count). The molecule has 0 atom stereocenters. The molecule has 0 amide bonds. The predicted molar refractivity (Wildman–Crippen MR) is 90.9 cm³/mol. The molecule has 2 aromatic rings. The molecule has 5 heteroatoms. The van der Waals surface area contributed by atoms with E-state index in [1.807, 2.05) is 24.5 Å². The van der Waals surface area contributed by atoms with Crippen LogP contribution in [0.1, 0.15) is 23.5 Å². The second-order valence-corrected chi connectivity index (χ2v) is 6.34. The Hall–Kier alpha value is -2.27. The first-order valence-corrected chi connectivity index (χ1v) is 8.42. The zero-order valence-electron chi connectivity index (χ0n) is 13.9. The Morgan fingerprint density at radius 2 is 2.00 bits per heavy atom. The topological polar surface area (TPSA) is 43.8 Å². The standard InChI is InChI=1S/C19H22N2O3/c1-22-17-9-19-18(23-6-3-7-24-19)8-15(17)11-21-12-16(13-21)14-4-2-5-20-10-14/h2,4-5,8-10,16H,3,6-7,11-13H2,1H3. The highest BCUT2D eigenvalue weighted by Gasteiger charge is 2.29. The Morgan fingerprint density at radius 3 is 2.71 bits per heavy atom. The highest BCUT2D eigenvalue weighted by Crippen LogP contribution is 2.38. The first-order valence-electron chi connectivity index (χ1n) is 8.42. The van der Waals surface area contributed by atoms with Gasteiger partial charge < -0.3 is 14.2 Å². The molecule has 0 aliphatic carbocycles. The van der Waals surface area contributed by atoms with Gasteiger partial charge in [-0.25, -0.2) is 0 Å². The Morgan fingerprint density at radius 1 is 1.21 bits per heavy atom. The molecular weight excluding hydrogens is 304 g/mol. The number of hydrogen-bond acceptors (Lipinski definition) is 5. The molecular formula is C19H22N2O3. The van der Waals surface area contributed by atoms with Crippen molar-refractivity contribution in [2.24, 2.45) is 0 Å². The van der Waals surface area contributed by atoms with Gasteiger partial charge in [-0.1, -0.05) is 6.07 Å². The molecule has 24 heavy (non-hydrogen) atoms. The Labute approximate surface area is 142 Å². The van der Waals surface area contributed by atoms with Crippen molar-refractivity contribution in [1.82, 2.24) is 9.88 Å². The van der Waals surface area contributed by atoms with Crippen molar-refractivity contribution in [3.8, 4) is 17.2 Å². The Balaban J connectivity index is 1.46. The normalized spacial score (nSPS) is 17.9. The summed E-state index contributed by atoms with van der Waals surface area (Å²) in [5.41, 5.74) is 2.46. The first kappa shape index (κ1) is 15.3. The quantitative estimate of drug-likeness (QED) is 0.864. The monoisotopic (exact) mass is 326 g/mol. The molecule has 1 aromatic heterocycles. The number of pyridine rings is 1. The van der Waals surface area contributed by atoms with Crippen LogP contribution < -0.4 is 14.2 Å². The van der Waals surface area contributed by atoms with Gasteiger partial charge in [-0.15, -0.1) is 0 Å². The van der Waals surface area contributed by atoms with Crippen molar-refractivity contribution in [3.05, 3.63) is 47.8 Å². The maximum atomic E-state index is 5.80. The fraction of sp³-hybridized carbons (Fsp3) is 0.421. The highest BCUT2D eigenvalue weighted by molar-refractivity contribution is 5.51. The average Bonchev–Trinajstić information content (AvgIpc) is 2.82. The van der Waals surface area contributed by atoms with Crippen LogP contribution in [0, 0.1) is 0 Å². The van der Waals surface area contributed by atoms with E-state index in [1.54, 1.807) is 7.11 Å². The molecule has 0 spiro atoms. The van der Waals surface area contributed by atoms with Gasteiger partial charge >= 0.3 is 0 Å². The summed E-state index contributed by atoms with van der Waals surface area (Å²) in [5, 5.41) is 0. The van der Waals surface area contributed by atoms with Crippen molar-refractivity contribution in [2.75, 3.05) is 33.4 Å². The molecule has 1 aromatic carbocycles. The molecule has 0 unspecified atom stereocenters. The summed E-state index contributed by atoms with van der Waals surface area (Å²) in [6.07, 6.45) is 4.70. The number of rotatable bonds is 4. The number of methoxy groups -OCH3 is 1. The number of ether oxygens (including phenoxy) is 3. The fourth-order valence-electron chi connectivity index (χ4n) is 3.31. The Kier molecular flexibility index (Phi) is 4.26. The number of fused-ring (bicyclic) bond motifs is 1. The van der Waals surface area contributed by atoms with Gasteiger partial charge in [-0.05, 0) is 17.7 Å². The molecule has 0 N–H and O–H groups in total. The number of hydrogen-bond donors (Lipinski definition) is 0. The summed E-state index contributed by atoms with van der Waals surface area (Å²) < 4.78 is 17.1. The molecule has 0 saturated carbocycles. The zero-order chi connectivity index (χ0) is 16.4. The third-order valence-corrected chi connectivity index (χ3v) is 4.66. The van der Waals surface area contributed by atoms with E-state index in [0.29, 0.717) is 19.1 Å². The number of likely N-dealkylation sites (tertiary alicyclic amines) is 1. The molecule has 2 aliphatic heterocycles. The molecule has 3 heterocycles. The van der Waals surface area contributed by atoms with Crippen LogP contribution in [0.2, 0.25) is 0 Å². The van der Waals surface area contributed by atoms with Crippen LogP contribution in [0.3, 0.4) is 0 Å². The largest absolute Gasteiger partial charge is 0.496 e. The predicted octanol–water partition coefficient (Wildman–Crippen LogP) is 2.85. The number of nitrogens with zero attached hydrogens (tertiary/aromatic N) is 2. The van der Waals surface area contributed by atoms with Gasteiger partial charge in [0.15, 0.2) is 11.5 Å². The molecule has 0 radical (unpaired) electrons. The molecule has 126 valence electrons. The lowest BCUT2D eigenvalue weighted by Crippen LogP contribution is -2.44. The van der Waals surface area contributed by atoms with Crippen LogP contribution in [0.15, 0.2) is 36.7 Å². The van der Waals surface area contributed by atoms with E-state index in [-0.39, 0.29) is 0 Å². The smallest absolute Gasteiger partial charge is 0.164 e. The van der Waals surface area contributed by atoms with E-state index in [1.165, 1.54) is 5.56 Å². The van der Waals surface area contributed by atoms with E-state index in [2.05, 4.69) is 22.0 Å². The van der Waals surface area contributed by atoms with E-state index in [9.17, 15) is 0 Å². The van der Waals surface area contributed by atoms with Gasteiger partial charge in [0.1, 0.15) is 5.75 Å². The first-order chi connectivity index (χ1) is 11.8. The van der Waals surface area contributed by atoms with Crippen LogP contribution in [0.25, 0.3) is 0 Å². The zero-order valence-corrected chi connectivity index (χ0v) is 13.9. The van der Waals surface area contributed by atoms with E-state index in [0.717, 1.165) is 48.9 Å². The third kappa shape index (κ3) is 3.04. The maximum absolute atomic E-state index is 5.80. The van der Waals surface area contributed by atoms with Crippen LogP contribution in [-0.2, 0) is 6.54 Å². The van der Waals surface area contributed by atoms with Gasteiger partial charge in [-0.3, -0.25) is 9.88 Å². The minimum absolute atomic E-state index is 0.574. The van der Waals surface area contributed by atoms with Crippen molar-refractivity contribution in [3.63, 3.8) is 0 Å². The molecule has 5 nitrogen and oxygen atoms in total. The third-order valence-electron chi connectivity index (χ3n) is 4.66. The molecule has 0 bridgehead atoms.